The van der Waals surface area contributed by atoms with Crippen LogP contribution in [0.25, 0.3) is 5.69 Å². The molecule has 0 saturated carbocycles. The molecule has 0 bridgehead atoms. The van der Waals surface area contributed by atoms with Crippen molar-refractivity contribution in [3.05, 3.63) is 58.1 Å². The van der Waals surface area contributed by atoms with Gasteiger partial charge in [0.25, 0.3) is 0 Å². The molecular formula is C19H15ClF5N5O. The summed E-state index contributed by atoms with van der Waals surface area (Å²) in [4.78, 5) is 14.3. The molecule has 0 atom stereocenters. The van der Waals surface area contributed by atoms with Crippen LogP contribution in [-0.4, -0.2) is 32.0 Å². The zero-order valence-electron chi connectivity index (χ0n) is 16.0. The van der Waals surface area contributed by atoms with Gasteiger partial charge in [-0.25, -0.2) is 13.5 Å². The van der Waals surface area contributed by atoms with Gasteiger partial charge in [-0.15, -0.1) is 0 Å². The van der Waals surface area contributed by atoms with Crippen molar-refractivity contribution in [2.45, 2.75) is 32.5 Å². The van der Waals surface area contributed by atoms with Gasteiger partial charge >= 0.3 is 6.18 Å². The maximum atomic E-state index is 14.2. The lowest BCUT2D eigenvalue weighted by atomic mass is 10.1. The van der Waals surface area contributed by atoms with E-state index in [1.54, 1.807) is 0 Å². The molecule has 0 N–H and O–H groups in total. The SMILES string of the molecule is Cc1c(Cl)c(C(F)(F)F)nn1CC(=O)N1CCCc2c1cnn2-c1ccc(F)cc1F. The first-order valence-corrected chi connectivity index (χ1v) is 9.58. The topological polar surface area (TPSA) is 56.0 Å². The molecule has 1 aromatic carbocycles. The molecule has 164 valence electrons. The summed E-state index contributed by atoms with van der Waals surface area (Å²) in [5.41, 5.74) is -0.258. The summed E-state index contributed by atoms with van der Waals surface area (Å²) in [5, 5.41) is 7.03. The summed E-state index contributed by atoms with van der Waals surface area (Å²) < 4.78 is 68.7. The lowest BCUT2D eigenvalue weighted by molar-refractivity contribution is -0.141. The number of hydrogen-bond acceptors (Lipinski definition) is 3. The van der Waals surface area contributed by atoms with Gasteiger partial charge in [0.2, 0.25) is 5.91 Å². The Morgan fingerprint density at radius 2 is 1.97 bits per heavy atom. The fourth-order valence-corrected chi connectivity index (χ4v) is 3.78. The van der Waals surface area contributed by atoms with Gasteiger partial charge in [-0.2, -0.15) is 23.4 Å². The largest absolute Gasteiger partial charge is 0.436 e. The number of carbonyl (C=O) groups is 1. The Labute approximate surface area is 177 Å². The number of anilines is 1. The van der Waals surface area contributed by atoms with Crippen molar-refractivity contribution in [1.82, 2.24) is 19.6 Å². The van der Waals surface area contributed by atoms with E-state index in [0.29, 0.717) is 30.8 Å². The van der Waals surface area contributed by atoms with E-state index < -0.39 is 41.0 Å². The van der Waals surface area contributed by atoms with Crippen LogP contribution in [0.3, 0.4) is 0 Å². The Bertz CT molecular complexity index is 1170. The summed E-state index contributed by atoms with van der Waals surface area (Å²) in [6, 6.07) is 3.07. The predicted molar refractivity (Wildman–Crippen MR) is 101 cm³/mol. The number of amides is 1. The zero-order chi connectivity index (χ0) is 22.5. The molecule has 1 amide bonds. The molecule has 31 heavy (non-hydrogen) atoms. The third kappa shape index (κ3) is 3.78. The average molecular weight is 460 g/mol. The van der Waals surface area contributed by atoms with Crippen LogP contribution >= 0.6 is 11.6 Å². The maximum absolute atomic E-state index is 14.2. The van der Waals surface area contributed by atoms with Crippen LogP contribution < -0.4 is 4.90 Å². The molecule has 0 fully saturated rings. The van der Waals surface area contributed by atoms with E-state index in [-0.39, 0.29) is 11.4 Å². The molecular weight excluding hydrogens is 445 g/mol. The van der Waals surface area contributed by atoms with Gasteiger partial charge in [-0.1, -0.05) is 11.6 Å². The summed E-state index contributed by atoms with van der Waals surface area (Å²) in [7, 11) is 0. The first-order valence-electron chi connectivity index (χ1n) is 9.20. The molecule has 0 aliphatic carbocycles. The predicted octanol–water partition coefficient (Wildman–Crippen LogP) is 4.31. The normalized spacial score (nSPS) is 14.1. The van der Waals surface area contributed by atoms with E-state index in [9.17, 15) is 26.7 Å². The number of alkyl halides is 3. The Morgan fingerprint density at radius 3 is 2.61 bits per heavy atom. The summed E-state index contributed by atoms with van der Waals surface area (Å²) in [5.74, 6) is -2.06. The molecule has 0 spiro atoms. The van der Waals surface area contributed by atoms with E-state index in [4.69, 9.17) is 11.6 Å². The summed E-state index contributed by atoms with van der Waals surface area (Å²) >= 11 is 5.74. The Kier molecular flexibility index (Phi) is 5.24. The molecule has 4 rings (SSSR count). The Morgan fingerprint density at radius 1 is 1.23 bits per heavy atom. The van der Waals surface area contributed by atoms with E-state index >= 15 is 0 Å². The molecule has 6 nitrogen and oxygen atoms in total. The van der Waals surface area contributed by atoms with Gasteiger partial charge in [-0.05, 0) is 31.9 Å². The fraction of sp³-hybridized carbons (Fsp3) is 0.316. The first kappa shape index (κ1) is 21.3. The van der Waals surface area contributed by atoms with Crippen LogP contribution in [0.2, 0.25) is 5.02 Å². The second-order valence-corrected chi connectivity index (χ2v) is 7.41. The summed E-state index contributed by atoms with van der Waals surface area (Å²) in [6.45, 7) is 1.19. The number of rotatable bonds is 3. The molecule has 12 heteroatoms. The number of benzene rings is 1. The van der Waals surface area contributed by atoms with E-state index in [0.717, 1.165) is 16.8 Å². The molecule has 2 aromatic heterocycles. The van der Waals surface area contributed by atoms with Crippen LogP contribution in [0.15, 0.2) is 24.4 Å². The highest BCUT2D eigenvalue weighted by molar-refractivity contribution is 6.32. The third-order valence-corrected chi connectivity index (χ3v) is 5.51. The highest BCUT2D eigenvalue weighted by atomic mass is 35.5. The molecule has 0 unspecified atom stereocenters. The molecule has 3 heterocycles. The maximum Gasteiger partial charge on any atom is 0.436 e. The lowest BCUT2D eigenvalue weighted by Gasteiger charge is -2.27. The van der Waals surface area contributed by atoms with Crippen LogP contribution in [-0.2, 0) is 23.9 Å². The highest BCUT2D eigenvalue weighted by Gasteiger charge is 2.38. The van der Waals surface area contributed by atoms with Gasteiger partial charge in [0, 0.05) is 12.6 Å². The van der Waals surface area contributed by atoms with E-state index in [2.05, 4.69) is 10.2 Å². The second-order valence-electron chi connectivity index (χ2n) is 7.04. The Hall–Kier alpha value is -2.95. The highest BCUT2D eigenvalue weighted by Crippen LogP contribution is 2.35. The second kappa shape index (κ2) is 7.63. The minimum Gasteiger partial charge on any atom is -0.308 e. The van der Waals surface area contributed by atoms with Gasteiger partial charge < -0.3 is 4.90 Å². The van der Waals surface area contributed by atoms with Gasteiger partial charge in [0.05, 0.1) is 28.3 Å². The molecule has 1 aliphatic rings. The number of fused-ring (bicyclic) bond motifs is 1. The standard InChI is InChI=1S/C19H15ClF5N5O/c1-10-17(20)18(19(23,24)25)27-29(10)9-16(31)28-6-2-3-14-15(28)8-26-30(14)13-5-4-11(21)7-12(13)22/h4-5,7-8H,2-3,6,9H2,1H3. The minimum absolute atomic E-state index is 0.0173. The van der Waals surface area contributed by atoms with Crippen LogP contribution in [0.5, 0.6) is 0 Å². The summed E-state index contributed by atoms with van der Waals surface area (Å²) in [6.07, 6.45) is -2.35. The fourth-order valence-electron chi connectivity index (χ4n) is 3.54. The van der Waals surface area contributed by atoms with Crippen molar-refractivity contribution in [3.63, 3.8) is 0 Å². The molecule has 0 radical (unpaired) electrons. The number of halogens is 6. The van der Waals surface area contributed by atoms with Gasteiger partial charge in [-0.3, -0.25) is 9.48 Å². The molecule has 1 aliphatic heterocycles. The molecule has 0 saturated heterocycles. The number of nitrogens with zero attached hydrogens (tertiary/aromatic N) is 5. The van der Waals surface area contributed by atoms with Gasteiger partial charge in [0.1, 0.15) is 18.0 Å². The van der Waals surface area contributed by atoms with E-state index in [1.165, 1.54) is 28.8 Å². The van der Waals surface area contributed by atoms with Crippen molar-refractivity contribution in [3.8, 4) is 5.69 Å². The minimum atomic E-state index is -4.74. The average Bonchev–Trinajstić information content (AvgIpc) is 3.24. The lowest BCUT2D eigenvalue weighted by Crippen LogP contribution is -2.38. The third-order valence-electron chi connectivity index (χ3n) is 5.06. The van der Waals surface area contributed by atoms with Crippen LogP contribution in [0, 0.1) is 18.6 Å². The van der Waals surface area contributed by atoms with Crippen molar-refractivity contribution in [1.29, 1.82) is 0 Å². The van der Waals surface area contributed by atoms with Crippen molar-refractivity contribution >= 4 is 23.2 Å². The number of carbonyl (C=O) groups excluding carboxylic acids is 1. The zero-order valence-corrected chi connectivity index (χ0v) is 16.8. The monoisotopic (exact) mass is 459 g/mol. The van der Waals surface area contributed by atoms with Gasteiger partial charge in [0.15, 0.2) is 11.5 Å². The smallest absolute Gasteiger partial charge is 0.308 e. The number of hydrogen-bond donors (Lipinski definition) is 0. The molecule has 3 aromatic rings. The Balaban J connectivity index is 1.64. The van der Waals surface area contributed by atoms with Crippen molar-refractivity contribution < 1.29 is 26.7 Å². The number of aromatic nitrogens is 4. The van der Waals surface area contributed by atoms with Crippen LogP contribution in [0.4, 0.5) is 27.6 Å². The van der Waals surface area contributed by atoms with Crippen molar-refractivity contribution in [2.75, 3.05) is 11.4 Å². The quantitative estimate of drug-likeness (QED) is 0.549. The van der Waals surface area contributed by atoms with Crippen molar-refractivity contribution in [2.24, 2.45) is 0 Å². The first-order chi connectivity index (χ1) is 14.6. The van der Waals surface area contributed by atoms with E-state index in [1.807, 2.05) is 0 Å². The van der Waals surface area contributed by atoms with Crippen LogP contribution in [0.1, 0.15) is 23.5 Å².